The largest absolute Gasteiger partial charge is 0.329 e. The molecule has 1 unspecified atom stereocenters. The normalized spacial score (nSPS) is 17.6. The number of aromatic amines is 1. The summed E-state index contributed by atoms with van der Waals surface area (Å²) in [6, 6.07) is -0.141. The molecule has 5 nitrogen and oxygen atoms in total. The van der Waals surface area contributed by atoms with Crippen molar-refractivity contribution in [2.24, 2.45) is 0 Å². The van der Waals surface area contributed by atoms with Gasteiger partial charge in [0.25, 0.3) is 5.56 Å². The van der Waals surface area contributed by atoms with Crippen LogP contribution < -0.4 is 11.2 Å². The highest BCUT2D eigenvalue weighted by atomic mass is 35.5. The van der Waals surface area contributed by atoms with E-state index in [-0.39, 0.29) is 16.8 Å². The molecule has 1 saturated heterocycles. The molecule has 1 aliphatic rings. The van der Waals surface area contributed by atoms with Crippen molar-refractivity contribution in [3.8, 4) is 0 Å². The summed E-state index contributed by atoms with van der Waals surface area (Å²) in [5.41, 5.74) is -0.138. The van der Waals surface area contributed by atoms with Crippen LogP contribution >= 0.6 is 11.6 Å². The minimum atomic E-state index is -0.411. The van der Waals surface area contributed by atoms with E-state index in [1.165, 1.54) is 17.4 Å². The number of nitrogens with one attached hydrogen (secondary N) is 1. The van der Waals surface area contributed by atoms with Crippen LogP contribution in [0.2, 0.25) is 5.15 Å². The van der Waals surface area contributed by atoms with E-state index in [1.807, 2.05) is 13.8 Å². The fourth-order valence-electron chi connectivity index (χ4n) is 2.85. The Hall–Kier alpha value is -1.07. The molecule has 1 aromatic heterocycles. The van der Waals surface area contributed by atoms with Crippen LogP contribution in [0.15, 0.2) is 9.59 Å². The number of halogens is 1. The molecule has 112 valence electrons. The first-order valence-corrected chi connectivity index (χ1v) is 7.68. The molecule has 0 saturated carbocycles. The summed E-state index contributed by atoms with van der Waals surface area (Å²) in [5.74, 6) is 0. The minimum Gasteiger partial charge on any atom is -0.301 e. The van der Waals surface area contributed by atoms with Crippen LogP contribution in [0.3, 0.4) is 0 Å². The molecule has 20 heavy (non-hydrogen) atoms. The van der Waals surface area contributed by atoms with Crippen LogP contribution in [-0.2, 0) is 6.42 Å². The van der Waals surface area contributed by atoms with Crippen LogP contribution in [0, 0.1) is 0 Å². The van der Waals surface area contributed by atoms with Gasteiger partial charge in [0.2, 0.25) is 0 Å². The maximum absolute atomic E-state index is 12.5. The maximum Gasteiger partial charge on any atom is 0.329 e. The van der Waals surface area contributed by atoms with E-state index in [0.717, 1.165) is 26.1 Å². The average molecular weight is 300 g/mol. The van der Waals surface area contributed by atoms with E-state index in [0.29, 0.717) is 12.0 Å². The van der Waals surface area contributed by atoms with E-state index in [2.05, 4.69) is 9.88 Å². The maximum atomic E-state index is 12.5. The van der Waals surface area contributed by atoms with Crippen molar-refractivity contribution < 1.29 is 0 Å². The van der Waals surface area contributed by atoms with Gasteiger partial charge in [0, 0.05) is 6.54 Å². The Morgan fingerprint density at radius 2 is 1.95 bits per heavy atom. The molecule has 1 fully saturated rings. The summed E-state index contributed by atoms with van der Waals surface area (Å²) in [6.45, 7) is 6.73. The van der Waals surface area contributed by atoms with Gasteiger partial charge in [-0.1, -0.05) is 24.9 Å². The van der Waals surface area contributed by atoms with E-state index in [4.69, 9.17) is 11.6 Å². The van der Waals surface area contributed by atoms with Crippen molar-refractivity contribution in [2.75, 3.05) is 19.6 Å². The summed E-state index contributed by atoms with van der Waals surface area (Å²) in [4.78, 5) is 29.4. The third-order valence-corrected chi connectivity index (χ3v) is 4.16. The number of likely N-dealkylation sites (tertiary alicyclic amines) is 1. The number of H-pyrrole nitrogens is 1. The van der Waals surface area contributed by atoms with Gasteiger partial charge < -0.3 is 4.90 Å². The SMILES string of the molecule is CCCc1c(Cl)[nH]c(=O)n(C(C)CN2CCCC2)c1=O. The zero-order valence-electron chi connectivity index (χ0n) is 12.1. The number of aromatic nitrogens is 2. The quantitative estimate of drug-likeness (QED) is 0.844. The van der Waals surface area contributed by atoms with Crippen molar-refractivity contribution in [1.29, 1.82) is 0 Å². The van der Waals surface area contributed by atoms with Gasteiger partial charge in [-0.3, -0.25) is 14.3 Å². The summed E-state index contributed by atoms with van der Waals surface area (Å²) in [5, 5.41) is 0.187. The lowest BCUT2D eigenvalue weighted by atomic mass is 10.2. The molecule has 0 aromatic carbocycles. The monoisotopic (exact) mass is 299 g/mol. The van der Waals surface area contributed by atoms with Crippen LogP contribution in [-0.4, -0.2) is 34.1 Å². The van der Waals surface area contributed by atoms with Crippen molar-refractivity contribution in [1.82, 2.24) is 14.5 Å². The summed E-state index contributed by atoms with van der Waals surface area (Å²) in [7, 11) is 0. The van der Waals surface area contributed by atoms with Gasteiger partial charge in [0.1, 0.15) is 5.15 Å². The molecular weight excluding hydrogens is 278 g/mol. The lowest BCUT2D eigenvalue weighted by Crippen LogP contribution is -2.42. The molecule has 6 heteroatoms. The van der Waals surface area contributed by atoms with E-state index >= 15 is 0 Å². The second-order valence-electron chi connectivity index (χ2n) is 5.50. The van der Waals surface area contributed by atoms with Crippen LogP contribution in [0.25, 0.3) is 0 Å². The van der Waals surface area contributed by atoms with Crippen molar-refractivity contribution >= 4 is 11.6 Å². The molecule has 2 heterocycles. The fraction of sp³-hybridized carbons (Fsp3) is 0.714. The Labute approximate surface area is 123 Å². The molecule has 0 amide bonds. The highest BCUT2D eigenvalue weighted by Crippen LogP contribution is 2.13. The highest BCUT2D eigenvalue weighted by molar-refractivity contribution is 6.30. The highest BCUT2D eigenvalue weighted by Gasteiger charge is 2.20. The predicted octanol–water partition coefficient (Wildman–Crippen LogP) is 1.80. The number of rotatable bonds is 5. The summed E-state index contributed by atoms with van der Waals surface area (Å²) < 4.78 is 1.31. The number of hydrogen-bond donors (Lipinski definition) is 1. The van der Waals surface area contributed by atoms with Crippen LogP contribution in [0.1, 0.15) is 44.7 Å². The number of hydrogen-bond acceptors (Lipinski definition) is 3. The third-order valence-electron chi connectivity index (χ3n) is 3.84. The van der Waals surface area contributed by atoms with Crippen molar-refractivity contribution in [2.45, 2.75) is 45.6 Å². The lowest BCUT2D eigenvalue weighted by molar-refractivity contribution is 0.280. The summed E-state index contributed by atoms with van der Waals surface area (Å²) in [6.07, 6.45) is 3.80. The minimum absolute atomic E-state index is 0.141. The Balaban J connectivity index is 2.32. The van der Waals surface area contributed by atoms with Gasteiger partial charge >= 0.3 is 5.69 Å². The predicted molar refractivity (Wildman–Crippen MR) is 80.7 cm³/mol. The van der Waals surface area contributed by atoms with E-state index < -0.39 is 5.69 Å². The number of nitrogens with zero attached hydrogens (tertiary/aromatic N) is 2. The molecule has 0 aliphatic carbocycles. The van der Waals surface area contributed by atoms with Crippen LogP contribution in [0.5, 0.6) is 0 Å². The Morgan fingerprint density at radius 1 is 1.30 bits per heavy atom. The molecular formula is C14H22ClN3O2. The zero-order valence-corrected chi connectivity index (χ0v) is 12.9. The smallest absolute Gasteiger partial charge is 0.301 e. The van der Waals surface area contributed by atoms with E-state index in [9.17, 15) is 9.59 Å². The molecule has 1 aromatic rings. The molecule has 0 spiro atoms. The first-order valence-electron chi connectivity index (χ1n) is 7.30. The first kappa shape index (κ1) is 15.3. The topological polar surface area (TPSA) is 58.1 Å². The van der Waals surface area contributed by atoms with Gasteiger partial charge in [-0.25, -0.2) is 4.79 Å². The van der Waals surface area contributed by atoms with Crippen molar-refractivity contribution in [3.05, 3.63) is 31.6 Å². The third kappa shape index (κ3) is 3.15. The van der Waals surface area contributed by atoms with E-state index in [1.54, 1.807) is 0 Å². The molecule has 2 rings (SSSR count). The van der Waals surface area contributed by atoms with Gasteiger partial charge in [-0.2, -0.15) is 0 Å². The molecule has 1 N–H and O–H groups in total. The first-order chi connectivity index (χ1) is 9.54. The van der Waals surface area contributed by atoms with Gasteiger partial charge in [-0.15, -0.1) is 0 Å². The zero-order chi connectivity index (χ0) is 14.7. The molecule has 1 atom stereocenters. The van der Waals surface area contributed by atoms with Crippen LogP contribution in [0.4, 0.5) is 0 Å². The fourth-order valence-corrected chi connectivity index (χ4v) is 3.10. The second kappa shape index (κ2) is 6.59. The summed E-state index contributed by atoms with van der Waals surface area (Å²) >= 11 is 5.98. The standard InChI is InChI=1S/C14H22ClN3O2/c1-3-6-11-12(15)16-14(20)18(13(11)19)10(2)9-17-7-4-5-8-17/h10H,3-9H2,1-2H3,(H,16,20). The van der Waals surface area contributed by atoms with Gasteiger partial charge in [-0.05, 0) is 39.3 Å². The lowest BCUT2D eigenvalue weighted by Gasteiger charge is -2.21. The molecule has 0 bridgehead atoms. The molecule has 1 aliphatic heterocycles. The average Bonchev–Trinajstić information content (AvgIpc) is 2.87. The molecule has 0 radical (unpaired) electrons. The Bertz CT molecular complexity index is 573. The van der Waals surface area contributed by atoms with Gasteiger partial charge in [0.15, 0.2) is 0 Å². The van der Waals surface area contributed by atoms with Gasteiger partial charge in [0.05, 0.1) is 11.6 Å². The Kier molecular flexibility index (Phi) is 5.05. The second-order valence-corrected chi connectivity index (χ2v) is 5.88. The van der Waals surface area contributed by atoms with Crippen molar-refractivity contribution in [3.63, 3.8) is 0 Å². The Morgan fingerprint density at radius 3 is 2.55 bits per heavy atom.